The van der Waals surface area contributed by atoms with Gasteiger partial charge in [0.25, 0.3) is 10.0 Å². The predicted octanol–water partition coefficient (Wildman–Crippen LogP) is 7.84. The summed E-state index contributed by atoms with van der Waals surface area (Å²) in [4.78, 5) is 0.262. The molecule has 1 aliphatic carbocycles. The van der Waals surface area contributed by atoms with E-state index in [0.717, 1.165) is 24.2 Å². The number of ether oxygens (including phenoxy) is 1. The number of rotatable bonds is 7. The Kier molecular flexibility index (Phi) is 6.27. The molecule has 3 atom stereocenters. The lowest BCUT2D eigenvalue weighted by Crippen LogP contribution is -2.29. The van der Waals surface area contributed by atoms with Crippen molar-refractivity contribution >= 4 is 43.2 Å². The van der Waals surface area contributed by atoms with Gasteiger partial charge in [-0.15, -0.1) is 0 Å². The molecule has 5 aromatic rings. The fourth-order valence-corrected chi connectivity index (χ4v) is 7.77. The number of nitrogens with one attached hydrogen (secondary N) is 2. The first kappa shape index (κ1) is 25.7. The molecule has 208 valence electrons. The summed E-state index contributed by atoms with van der Waals surface area (Å²) in [5, 5.41) is 6.34. The maximum atomic E-state index is 13.4. The fourth-order valence-electron chi connectivity index (χ4n) is 6.68. The lowest BCUT2D eigenvalue weighted by atomic mass is 9.77. The highest BCUT2D eigenvalue weighted by Crippen LogP contribution is 2.50. The van der Waals surface area contributed by atoms with Crippen LogP contribution in [0.5, 0.6) is 5.75 Å². The molecule has 0 saturated carbocycles. The molecular formula is C34H33N3O3S. The first-order valence-electron chi connectivity index (χ1n) is 14.3. The summed E-state index contributed by atoms with van der Waals surface area (Å²) in [5.74, 6) is 1.15. The normalized spacial score (nSPS) is 19.6. The molecule has 2 aliphatic rings. The van der Waals surface area contributed by atoms with Gasteiger partial charge in [-0.05, 0) is 98.0 Å². The van der Waals surface area contributed by atoms with Gasteiger partial charge in [-0.1, -0.05) is 36.4 Å². The van der Waals surface area contributed by atoms with Crippen molar-refractivity contribution in [2.45, 2.75) is 43.7 Å². The van der Waals surface area contributed by atoms with Crippen molar-refractivity contribution in [1.82, 2.24) is 4.57 Å². The van der Waals surface area contributed by atoms with Crippen LogP contribution in [-0.4, -0.2) is 19.6 Å². The zero-order valence-electron chi connectivity index (χ0n) is 23.2. The molecule has 4 aromatic carbocycles. The number of fused-ring (bicyclic) bond motifs is 6. The second kappa shape index (κ2) is 10.00. The van der Waals surface area contributed by atoms with Gasteiger partial charge in [0.2, 0.25) is 0 Å². The van der Waals surface area contributed by atoms with Crippen molar-refractivity contribution in [3.05, 3.63) is 108 Å². The minimum Gasteiger partial charge on any atom is -0.494 e. The van der Waals surface area contributed by atoms with E-state index in [1.807, 2.05) is 19.1 Å². The van der Waals surface area contributed by atoms with Gasteiger partial charge in [-0.2, -0.15) is 0 Å². The van der Waals surface area contributed by atoms with Gasteiger partial charge < -0.3 is 14.6 Å². The Morgan fingerprint density at radius 1 is 0.927 bits per heavy atom. The second-order valence-electron chi connectivity index (χ2n) is 10.8. The summed E-state index contributed by atoms with van der Waals surface area (Å²) in [5.41, 5.74) is 6.29. The highest BCUT2D eigenvalue weighted by molar-refractivity contribution is 7.92. The summed E-state index contributed by atoms with van der Waals surface area (Å²) < 4.78 is 37.3. The number of hydrogen-bond acceptors (Lipinski definition) is 4. The van der Waals surface area contributed by atoms with Crippen molar-refractivity contribution in [3.63, 3.8) is 0 Å². The van der Waals surface area contributed by atoms with Gasteiger partial charge >= 0.3 is 0 Å². The number of nitrogens with zero attached hydrogens (tertiary/aromatic N) is 1. The number of anilines is 2. The molecule has 2 N–H and O–H groups in total. The molecule has 0 amide bonds. The van der Waals surface area contributed by atoms with Crippen LogP contribution in [-0.2, 0) is 16.6 Å². The molecule has 7 rings (SSSR count). The van der Waals surface area contributed by atoms with Crippen LogP contribution in [0.4, 0.5) is 11.4 Å². The third-order valence-corrected chi connectivity index (χ3v) is 9.91. The standard InChI is InChI=1S/C34H33N3O3S/c1-3-37-32-11-6-5-8-27(32)30-20-22(12-19-33(30)37)34-28-10-7-9-26(28)29-21-25(17-18-31(29)35-34)41(38,39)36-23-13-15-24(16-14-23)40-4-2/h5-9,11-21,26,28,34-36H,3-4,10H2,1-2H3. The van der Waals surface area contributed by atoms with E-state index in [9.17, 15) is 8.42 Å². The van der Waals surface area contributed by atoms with Crippen molar-refractivity contribution in [3.8, 4) is 5.75 Å². The summed E-state index contributed by atoms with van der Waals surface area (Å²) in [6.45, 7) is 5.59. The molecule has 0 bridgehead atoms. The smallest absolute Gasteiger partial charge is 0.261 e. The largest absolute Gasteiger partial charge is 0.494 e. The van der Waals surface area contributed by atoms with E-state index in [1.165, 1.54) is 27.4 Å². The lowest BCUT2D eigenvalue weighted by molar-refractivity contribution is 0.340. The second-order valence-corrected chi connectivity index (χ2v) is 12.5. The molecule has 0 fully saturated rings. The molecule has 1 aliphatic heterocycles. The van der Waals surface area contributed by atoms with Gasteiger partial charge in [0.1, 0.15) is 5.75 Å². The van der Waals surface area contributed by atoms with Crippen LogP contribution in [0.1, 0.15) is 43.4 Å². The number of sulfonamides is 1. The summed E-state index contributed by atoms with van der Waals surface area (Å²) in [6.07, 6.45) is 5.42. The minimum atomic E-state index is -3.76. The number of para-hydroxylation sites is 1. The molecule has 0 spiro atoms. The third-order valence-electron chi connectivity index (χ3n) is 8.53. The first-order chi connectivity index (χ1) is 20.0. The van der Waals surface area contributed by atoms with E-state index >= 15 is 0 Å². The molecule has 7 heteroatoms. The molecule has 41 heavy (non-hydrogen) atoms. The van der Waals surface area contributed by atoms with E-state index in [2.05, 4.69) is 76.1 Å². The fraction of sp³-hybridized carbons (Fsp3) is 0.235. The maximum Gasteiger partial charge on any atom is 0.261 e. The van der Waals surface area contributed by atoms with E-state index in [0.29, 0.717) is 24.0 Å². The Hall–Kier alpha value is -4.23. The molecule has 0 radical (unpaired) electrons. The highest BCUT2D eigenvalue weighted by atomic mass is 32.2. The zero-order valence-corrected chi connectivity index (χ0v) is 24.0. The number of aromatic nitrogens is 1. The SMILES string of the molecule is CCOc1ccc(NS(=O)(=O)c2ccc3c(c2)C2C=CCC2C(c2ccc4c(c2)c2ccccc2n4CC)N3)cc1. The Morgan fingerprint density at radius 2 is 1.73 bits per heavy atom. The van der Waals surface area contributed by atoms with Crippen LogP contribution in [0.2, 0.25) is 0 Å². The van der Waals surface area contributed by atoms with E-state index in [4.69, 9.17) is 4.74 Å². The summed E-state index contributed by atoms with van der Waals surface area (Å²) in [7, 11) is -3.76. The Balaban J connectivity index is 1.22. The van der Waals surface area contributed by atoms with Crippen molar-refractivity contribution < 1.29 is 13.2 Å². The van der Waals surface area contributed by atoms with E-state index in [1.54, 1.807) is 30.3 Å². The molecule has 6 nitrogen and oxygen atoms in total. The molecular weight excluding hydrogens is 530 g/mol. The van der Waals surface area contributed by atoms with Crippen molar-refractivity contribution in [1.29, 1.82) is 0 Å². The quantitative estimate of drug-likeness (QED) is 0.198. The van der Waals surface area contributed by atoms with Crippen LogP contribution in [0.3, 0.4) is 0 Å². The summed E-state index contributed by atoms with van der Waals surface area (Å²) in [6, 6.07) is 28.0. The average molecular weight is 564 g/mol. The monoisotopic (exact) mass is 563 g/mol. The van der Waals surface area contributed by atoms with E-state index < -0.39 is 10.0 Å². The predicted molar refractivity (Wildman–Crippen MR) is 166 cm³/mol. The Morgan fingerprint density at radius 3 is 2.54 bits per heavy atom. The van der Waals surface area contributed by atoms with Crippen LogP contribution < -0.4 is 14.8 Å². The number of allylic oxidation sites excluding steroid dienone is 2. The average Bonchev–Trinajstić information content (AvgIpc) is 3.60. The summed E-state index contributed by atoms with van der Waals surface area (Å²) >= 11 is 0. The van der Waals surface area contributed by atoms with Crippen LogP contribution in [0, 0.1) is 5.92 Å². The van der Waals surface area contributed by atoms with Crippen molar-refractivity contribution in [2.75, 3.05) is 16.6 Å². The lowest BCUT2D eigenvalue weighted by Gasteiger charge is -2.37. The Bertz CT molecular complexity index is 1910. The first-order valence-corrected chi connectivity index (χ1v) is 15.8. The molecule has 2 heterocycles. The number of benzene rings is 4. The maximum absolute atomic E-state index is 13.4. The zero-order chi connectivity index (χ0) is 28.1. The molecule has 3 unspecified atom stereocenters. The van der Waals surface area contributed by atoms with E-state index in [-0.39, 0.29) is 16.9 Å². The molecule has 1 aromatic heterocycles. The minimum absolute atomic E-state index is 0.125. The van der Waals surface area contributed by atoms with Gasteiger partial charge in [0, 0.05) is 45.6 Å². The van der Waals surface area contributed by atoms with Crippen molar-refractivity contribution in [2.24, 2.45) is 5.92 Å². The highest BCUT2D eigenvalue weighted by Gasteiger charge is 2.38. The molecule has 0 saturated heterocycles. The Labute approximate surface area is 240 Å². The van der Waals surface area contributed by atoms with Crippen LogP contribution in [0.15, 0.2) is 102 Å². The van der Waals surface area contributed by atoms with Gasteiger partial charge in [0.15, 0.2) is 0 Å². The van der Waals surface area contributed by atoms with Gasteiger partial charge in [0.05, 0.1) is 17.5 Å². The number of hydrogen-bond donors (Lipinski definition) is 2. The topological polar surface area (TPSA) is 72.4 Å². The van der Waals surface area contributed by atoms with Gasteiger partial charge in [-0.25, -0.2) is 8.42 Å². The number of aryl methyl sites for hydroxylation is 1. The van der Waals surface area contributed by atoms with Crippen LogP contribution >= 0.6 is 0 Å². The third kappa shape index (κ3) is 4.36. The van der Waals surface area contributed by atoms with Crippen LogP contribution in [0.25, 0.3) is 21.8 Å². The van der Waals surface area contributed by atoms with Gasteiger partial charge in [-0.3, -0.25) is 4.72 Å².